The molecular formula is C11H15. The lowest BCUT2D eigenvalue weighted by molar-refractivity contribution is 1.05. The molecule has 0 aliphatic rings. The molecule has 0 unspecified atom stereocenters. The lowest BCUT2D eigenvalue weighted by Crippen LogP contribution is -1.63. The van der Waals surface area contributed by atoms with Crippen LogP contribution in [-0.2, 0) is 0 Å². The fourth-order valence-corrected chi connectivity index (χ4v) is 0.692. The first-order valence-electron chi connectivity index (χ1n) is 3.95. The zero-order valence-corrected chi connectivity index (χ0v) is 7.09. The lowest BCUT2D eigenvalue weighted by atomic mass is 10.2. The second kappa shape index (κ2) is 9.00. The summed E-state index contributed by atoms with van der Waals surface area (Å²) in [6.07, 6.45) is 13.4. The van der Waals surface area contributed by atoms with Crippen LogP contribution in [0.2, 0.25) is 0 Å². The number of allylic oxidation sites excluding steroid dienone is 5. The van der Waals surface area contributed by atoms with Crippen molar-refractivity contribution in [1.82, 2.24) is 0 Å². The molecule has 0 aliphatic carbocycles. The fraction of sp³-hybridized carbons (Fsp3) is 0.364. The van der Waals surface area contributed by atoms with E-state index in [-0.39, 0.29) is 0 Å². The summed E-state index contributed by atoms with van der Waals surface area (Å²) in [5, 5.41) is 0. The summed E-state index contributed by atoms with van der Waals surface area (Å²) in [5.74, 6) is 0. The van der Waals surface area contributed by atoms with Crippen molar-refractivity contribution < 1.29 is 0 Å². The summed E-state index contributed by atoms with van der Waals surface area (Å²) in [6, 6.07) is 0. The SMILES string of the molecule is [CH]=C=CCCC=CCC=CC. The summed E-state index contributed by atoms with van der Waals surface area (Å²) >= 11 is 0. The maximum atomic E-state index is 5.05. The van der Waals surface area contributed by atoms with Crippen molar-refractivity contribution in [3.8, 4) is 0 Å². The Morgan fingerprint density at radius 3 is 2.64 bits per heavy atom. The van der Waals surface area contributed by atoms with Gasteiger partial charge in [-0.3, -0.25) is 0 Å². The van der Waals surface area contributed by atoms with E-state index >= 15 is 0 Å². The molecule has 0 nitrogen and oxygen atoms in total. The molecule has 0 heteroatoms. The summed E-state index contributed by atoms with van der Waals surface area (Å²) in [7, 11) is 0. The van der Waals surface area contributed by atoms with Gasteiger partial charge in [-0.1, -0.05) is 24.3 Å². The highest BCUT2D eigenvalue weighted by Crippen LogP contribution is 1.93. The Labute approximate surface area is 69.6 Å². The molecule has 0 saturated heterocycles. The number of rotatable bonds is 5. The monoisotopic (exact) mass is 147 g/mol. The van der Waals surface area contributed by atoms with Crippen molar-refractivity contribution >= 4 is 0 Å². The van der Waals surface area contributed by atoms with Crippen molar-refractivity contribution in [2.45, 2.75) is 26.2 Å². The minimum absolute atomic E-state index is 0.989. The van der Waals surface area contributed by atoms with Gasteiger partial charge < -0.3 is 0 Å². The van der Waals surface area contributed by atoms with E-state index in [1.807, 2.05) is 13.0 Å². The fourth-order valence-electron chi connectivity index (χ4n) is 0.692. The number of hydrogen-bond donors (Lipinski definition) is 0. The predicted octanol–water partition coefficient (Wildman–Crippen LogP) is 3.43. The zero-order chi connectivity index (χ0) is 8.36. The molecule has 0 heterocycles. The smallest absolute Gasteiger partial charge is 0.0126 e. The van der Waals surface area contributed by atoms with E-state index in [0.29, 0.717) is 0 Å². The third kappa shape index (κ3) is 9.00. The van der Waals surface area contributed by atoms with E-state index in [1.165, 1.54) is 0 Å². The highest BCUT2D eigenvalue weighted by Gasteiger charge is 1.73. The Morgan fingerprint density at radius 2 is 2.00 bits per heavy atom. The van der Waals surface area contributed by atoms with Crippen LogP contribution in [-0.4, -0.2) is 0 Å². The van der Waals surface area contributed by atoms with Crippen molar-refractivity contribution in [3.05, 3.63) is 42.7 Å². The summed E-state index contributed by atoms with van der Waals surface area (Å²) < 4.78 is 0. The quantitative estimate of drug-likeness (QED) is 0.317. The molecule has 0 aliphatic heterocycles. The second-order valence-electron chi connectivity index (χ2n) is 2.22. The highest BCUT2D eigenvalue weighted by atomic mass is 13.8. The molecular weight excluding hydrogens is 132 g/mol. The Kier molecular flexibility index (Phi) is 8.18. The molecule has 0 amide bonds. The van der Waals surface area contributed by atoms with Crippen LogP contribution in [0.25, 0.3) is 0 Å². The summed E-state index contributed by atoms with van der Waals surface area (Å²) in [4.78, 5) is 0. The van der Waals surface area contributed by atoms with Crippen LogP contribution >= 0.6 is 0 Å². The molecule has 11 heavy (non-hydrogen) atoms. The van der Waals surface area contributed by atoms with Crippen LogP contribution in [0, 0.1) is 6.58 Å². The van der Waals surface area contributed by atoms with E-state index in [1.54, 1.807) is 0 Å². The molecule has 0 aromatic carbocycles. The Morgan fingerprint density at radius 1 is 1.18 bits per heavy atom. The van der Waals surface area contributed by atoms with Crippen LogP contribution in [0.15, 0.2) is 36.1 Å². The molecule has 0 fully saturated rings. The number of unbranched alkanes of at least 4 members (excludes halogenated alkanes) is 1. The Balaban J connectivity index is 3.22. The molecule has 0 atom stereocenters. The lowest BCUT2D eigenvalue weighted by Gasteiger charge is -1.83. The Bertz CT molecular complexity index is 166. The van der Waals surface area contributed by atoms with Crippen LogP contribution < -0.4 is 0 Å². The Hall–Kier alpha value is -1.00. The van der Waals surface area contributed by atoms with Crippen molar-refractivity contribution in [2.24, 2.45) is 0 Å². The van der Waals surface area contributed by atoms with Crippen LogP contribution in [0.5, 0.6) is 0 Å². The molecule has 0 rings (SSSR count). The molecule has 0 saturated carbocycles. The van der Waals surface area contributed by atoms with Gasteiger partial charge in [0.25, 0.3) is 0 Å². The van der Waals surface area contributed by atoms with Gasteiger partial charge in [0.15, 0.2) is 0 Å². The third-order valence-electron chi connectivity index (χ3n) is 1.27. The molecule has 0 aromatic heterocycles. The topological polar surface area (TPSA) is 0 Å². The third-order valence-corrected chi connectivity index (χ3v) is 1.27. The standard InChI is InChI=1S/C11H15/c1-3-5-7-9-11-10-8-6-4-2/h1,4-6,10-11H,7-9H2,2H3. The van der Waals surface area contributed by atoms with Gasteiger partial charge in [0.2, 0.25) is 0 Å². The summed E-state index contributed by atoms with van der Waals surface area (Å²) in [5.41, 5.74) is 2.50. The van der Waals surface area contributed by atoms with Gasteiger partial charge in [-0.2, -0.15) is 0 Å². The highest BCUT2D eigenvalue weighted by molar-refractivity contribution is 4.92. The van der Waals surface area contributed by atoms with Crippen LogP contribution in [0.4, 0.5) is 0 Å². The van der Waals surface area contributed by atoms with Gasteiger partial charge in [0, 0.05) is 0 Å². The largest absolute Gasteiger partial charge is 0.125 e. The van der Waals surface area contributed by atoms with Gasteiger partial charge >= 0.3 is 0 Å². The summed E-state index contributed by atoms with van der Waals surface area (Å²) in [6.45, 7) is 7.08. The predicted molar refractivity (Wildman–Crippen MR) is 50.2 cm³/mol. The second-order valence-corrected chi connectivity index (χ2v) is 2.22. The van der Waals surface area contributed by atoms with E-state index in [9.17, 15) is 0 Å². The average Bonchev–Trinajstić information content (AvgIpc) is 2.03. The van der Waals surface area contributed by atoms with Crippen molar-refractivity contribution in [1.29, 1.82) is 0 Å². The molecule has 0 aromatic rings. The van der Waals surface area contributed by atoms with E-state index in [4.69, 9.17) is 6.58 Å². The maximum absolute atomic E-state index is 5.05. The minimum Gasteiger partial charge on any atom is -0.125 e. The van der Waals surface area contributed by atoms with E-state index < -0.39 is 0 Å². The first-order valence-corrected chi connectivity index (χ1v) is 3.95. The molecule has 0 N–H and O–H groups in total. The van der Waals surface area contributed by atoms with Crippen molar-refractivity contribution in [2.75, 3.05) is 0 Å². The first-order chi connectivity index (χ1) is 5.41. The molecule has 0 spiro atoms. The van der Waals surface area contributed by atoms with Gasteiger partial charge in [-0.15, -0.1) is 5.73 Å². The van der Waals surface area contributed by atoms with Crippen molar-refractivity contribution in [3.63, 3.8) is 0 Å². The normalized spacial score (nSPS) is 10.6. The molecule has 59 valence electrons. The van der Waals surface area contributed by atoms with Gasteiger partial charge in [-0.25, -0.2) is 0 Å². The van der Waals surface area contributed by atoms with Crippen LogP contribution in [0.1, 0.15) is 26.2 Å². The van der Waals surface area contributed by atoms with Crippen LogP contribution in [0.3, 0.4) is 0 Å². The molecule has 0 bridgehead atoms. The maximum Gasteiger partial charge on any atom is -0.0126 e. The first kappa shape index (κ1) is 10.0. The number of hydrogen-bond acceptors (Lipinski definition) is 0. The minimum atomic E-state index is 0.989. The van der Waals surface area contributed by atoms with Gasteiger partial charge in [0.05, 0.1) is 0 Å². The van der Waals surface area contributed by atoms with E-state index in [2.05, 4.69) is 30.0 Å². The van der Waals surface area contributed by atoms with Gasteiger partial charge in [0.1, 0.15) is 0 Å². The average molecular weight is 147 g/mol. The zero-order valence-electron chi connectivity index (χ0n) is 7.09. The molecule has 1 radical (unpaired) electrons. The van der Waals surface area contributed by atoms with Gasteiger partial charge in [-0.05, 0) is 38.8 Å². The van der Waals surface area contributed by atoms with E-state index in [0.717, 1.165) is 19.3 Å².